The van der Waals surface area contributed by atoms with Gasteiger partial charge in [-0.25, -0.2) is 9.18 Å². The number of urea groups is 1. The summed E-state index contributed by atoms with van der Waals surface area (Å²) in [5, 5.41) is 3.06. The number of carbonyl (C=O) groups is 1. The lowest BCUT2D eigenvalue weighted by Crippen LogP contribution is -2.49. The Morgan fingerprint density at radius 2 is 1.82 bits per heavy atom. The molecule has 1 aliphatic heterocycles. The molecule has 0 bridgehead atoms. The van der Waals surface area contributed by atoms with E-state index in [4.69, 9.17) is 4.74 Å². The Hall–Kier alpha value is -2.60. The van der Waals surface area contributed by atoms with Crippen molar-refractivity contribution < 1.29 is 13.9 Å². The van der Waals surface area contributed by atoms with Crippen LogP contribution in [-0.4, -0.2) is 48.1 Å². The fourth-order valence-electron chi connectivity index (χ4n) is 4.46. The monoisotopic (exact) mass is 453 g/mol. The topological polar surface area (TPSA) is 44.8 Å². The minimum Gasteiger partial charge on any atom is -0.491 e. The van der Waals surface area contributed by atoms with Gasteiger partial charge in [-0.1, -0.05) is 24.3 Å². The third-order valence-electron chi connectivity index (χ3n) is 6.60. The van der Waals surface area contributed by atoms with Crippen LogP contribution in [0, 0.1) is 5.82 Å². The molecule has 1 aliphatic carbocycles. The highest BCUT2D eigenvalue weighted by Crippen LogP contribution is 2.40. The average molecular weight is 454 g/mol. The van der Waals surface area contributed by atoms with Gasteiger partial charge < -0.3 is 19.9 Å². The number of nitrogens with one attached hydrogen (secondary N) is 1. The summed E-state index contributed by atoms with van der Waals surface area (Å²) in [5.74, 6) is 1.13. The van der Waals surface area contributed by atoms with E-state index < -0.39 is 0 Å². The molecule has 2 fully saturated rings. The molecule has 0 radical (unpaired) electrons. The Kier molecular flexibility index (Phi) is 7.53. The molecule has 4 rings (SSSR count). The lowest BCUT2D eigenvalue weighted by Gasteiger charge is -2.37. The van der Waals surface area contributed by atoms with Crippen LogP contribution >= 0.6 is 0 Å². The average Bonchev–Trinajstić information content (AvgIpc) is 3.63. The largest absolute Gasteiger partial charge is 0.491 e. The number of hydrogen-bond donors (Lipinski definition) is 1. The van der Waals surface area contributed by atoms with Crippen LogP contribution in [0.5, 0.6) is 5.75 Å². The number of nitrogens with zero attached hydrogens (tertiary/aromatic N) is 2. The van der Waals surface area contributed by atoms with E-state index in [2.05, 4.69) is 17.3 Å². The molecule has 5 nitrogen and oxygen atoms in total. The zero-order chi connectivity index (χ0) is 23.4. The molecule has 178 valence electrons. The van der Waals surface area contributed by atoms with Crippen molar-refractivity contribution in [2.75, 3.05) is 20.1 Å². The maximum absolute atomic E-state index is 14.9. The van der Waals surface area contributed by atoms with E-state index in [0.717, 1.165) is 55.6 Å². The second-order valence-electron chi connectivity index (χ2n) is 9.76. The van der Waals surface area contributed by atoms with Gasteiger partial charge in [-0.3, -0.25) is 0 Å². The second-order valence-corrected chi connectivity index (χ2v) is 9.76. The maximum atomic E-state index is 14.9. The van der Waals surface area contributed by atoms with E-state index in [0.29, 0.717) is 18.0 Å². The van der Waals surface area contributed by atoms with Crippen LogP contribution in [0.1, 0.15) is 62.1 Å². The number of likely N-dealkylation sites (tertiary alicyclic amines) is 1. The van der Waals surface area contributed by atoms with E-state index in [1.807, 2.05) is 55.1 Å². The van der Waals surface area contributed by atoms with E-state index in [1.165, 1.54) is 0 Å². The molecule has 0 spiro atoms. The zero-order valence-electron chi connectivity index (χ0n) is 20.0. The van der Waals surface area contributed by atoms with Crippen LogP contribution in [0.2, 0.25) is 0 Å². The van der Waals surface area contributed by atoms with E-state index in [9.17, 15) is 9.18 Å². The quantitative estimate of drug-likeness (QED) is 0.590. The van der Waals surface area contributed by atoms with Crippen molar-refractivity contribution in [1.82, 2.24) is 15.1 Å². The number of amides is 2. The maximum Gasteiger partial charge on any atom is 0.318 e. The predicted molar refractivity (Wildman–Crippen MR) is 129 cm³/mol. The molecule has 0 atom stereocenters. The van der Waals surface area contributed by atoms with Gasteiger partial charge in [-0.2, -0.15) is 0 Å². The number of carbonyl (C=O) groups excluding carboxylic acids is 1. The summed E-state index contributed by atoms with van der Waals surface area (Å²) in [6.45, 7) is 6.58. The van der Waals surface area contributed by atoms with Gasteiger partial charge in [-0.15, -0.1) is 0 Å². The number of piperidine rings is 1. The summed E-state index contributed by atoms with van der Waals surface area (Å²) in [7, 11) is 2.10. The van der Waals surface area contributed by atoms with Crippen LogP contribution in [0.15, 0.2) is 42.5 Å². The molecule has 1 N–H and O–H groups in total. The molecular weight excluding hydrogens is 417 g/mol. The SMILES string of the molecule is CC(C)Oc1ccc(CNC(=O)N(Cc2ccc(C3CC3)cc2F)C2CCN(C)CC2)cc1. The van der Waals surface area contributed by atoms with Gasteiger partial charge in [0.1, 0.15) is 11.6 Å². The Bertz CT molecular complexity index is 935. The summed E-state index contributed by atoms with van der Waals surface area (Å²) in [6, 6.07) is 13.3. The van der Waals surface area contributed by atoms with Crippen LogP contribution in [-0.2, 0) is 13.1 Å². The first-order valence-corrected chi connectivity index (χ1v) is 12.2. The lowest BCUT2D eigenvalue weighted by molar-refractivity contribution is 0.126. The molecule has 2 aromatic carbocycles. The second kappa shape index (κ2) is 10.6. The van der Waals surface area contributed by atoms with E-state index >= 15 is 0 Å². The van der Waals surface area contributed by atoms with Gasteiger partial charge in [0.15, 0.2) is 0 Å². The number of rotatable bonds is 8. The Labute approximate surface area is 196 Å². The first kappa shape index (κ1) is 23.6. The summed E-state index contributed by atoms with van der Waals surface area (Å²) >= 11 is 0. The molecule has 6 heteroatoms. The molecular formula is C27H36FN3O2. The zero-order valence-corrected chi connectivity index (χ0v) is 20.0. The molecule has 0 aromatic heterocycles. The summed E-state index contributed by atoms with van der Waals surface area (Å²) < 4.78 is 20.6. The van der Waals surface area contributed by atoms with Crippen molar-refractivity contribution in [3.63, 3.8) is 0 Å². The predicted octanol–water partition coefficient (Wildman–Crippen LogP) is 5.30. The molecule has 1 saturated carbocycles. The Balaban J connectivity index is 1.43. The van der Waals surface area contributed by atoms with Crippen LogP contribution in [0.4, 0.5) is 9.18 Å². The highest BCUT2D eigenvalue weighted by molar-refractivity contribution is 5.74. The van der Waals surface area contributed by atoms with Crippen molar-refractivity contribution in [2.45, 2.75) is 70.7 Å². The van der Waals surface area contributed by atoms with Gasteiger partial charge >= 0.3 is 6.03 Å². The number of ether oxygens (including phenoxy) is 1. The number of halogens is 1. The van der Waals surface area contributed by atoms with Gasteiger partial charge in [0.2, 0.25) is 0 Å². The third-order valence-corrected chi connectivity index (χ3v) is 6.60. The van der Waals surface area contributed by atoms with Gasteiger partial charge in [0.25, 0.3) is 0 Å². The van der Waals surface area contributed by atoms with Crippen molar-refractivity contribution in [3.8, 4) is 5.75 Å². The lowest BCUT2D eigenvalue weighted by atomic mass is 10.0. The van der Waals surface area contributed by atoms with E-state index in [-0.39, 0.29) is 30.5 Å². The summed E-state index contributed by atoms with van der Waals surface area (Å²) in [5.41, 5.74) is 2.67. The molecule has 33 heavy (non-hydrogen) atoms. The normalized spacial score (nSPS) is 17.2. The fourth-order valence-corrected chi connectivity index (χ4v) is 4.46. The summed E-state index contributed by atoms with van der Waals surface area (Å²) in [6.07, 6.45) is 4.21. The molecule has 1 heterocycles. The minimum atomic E-state index is -0.203. The Morgan fingerprint density at radius 1 is 1.12 bits per heavy atom. The van der Waals surface area contributed by atoms with Gasteiger partial charge in [-0.05, 0) is 94.9 Å². The minimum absolute atomic E-state index is 0.102. The van der Waals surface area contributed by atoms with Gasteiger partial charge in [0.05, 0.1) is 12.6 Å². The van der Waals surface area contributed by atoms with Crippen molar-refractivity contribution >= 4 is 6.03 Å². The number of benzene rings is 2. The molecule has 1 saturated heterocycles. The molecule has 2 aliphatic rings. The van der Waals surface area contributed by atoms with Crippen molar-refractivity contribution in [2.24, 2.45) is 0 Å². The molecule has 0 unspecified atom stereocenters. The first-order valence-electron chi connectivity index (χ1n) is 12.2. The molecule has 2 amide bonds. The standard InChI is InChI=1S/C27H36FN3O2/c1-19(2)33-25-10-4-20(5-11-25)17-29-27(32)31(24-12-14-30(3)15-13-24)18-23-9-8-22(16-26(23)28)21-6-7-21/h4-5,8-11,16,19,21,24H,6-7,12-15,17-18H2,1-3H3,(H,29,32). The van der Waals surface area contributed by atoms with E-state index in [1.54, 1.807) is 6.07 Å². The smallest absolute Gasteiger partial charge is 0.318 e. The highest BCUT2D eigenvalue weighted by Gasteiger charge is 2.29. The Morgan fingerprint density at radius 3 is 2.42 bits per heavy atom. The summed E-state index contributed by atoms with van der Waals surface area (Å²) in [4.78, 5) is 17.4. The highest BCUT2D eigenvalue weighted by atomic mass is 19.1. The first-order chi connectivity index (χ1) is 15.9. The fraction of sp³-hybridized carbons (Fsp3) is 0.519. The molecule has 2 aromatic rings. The van der Waals surface area contributed by atoms with Crippen molar-refractivity contribution in [3.05, 3.63) is 65.0 Å². The van der Waals surface area contributed by atoms with Crippen LogP contribution < -0.4 is 10.1 Å². The third kappa shape index (κ3) is 6.47. The van der Waals surface area contributed by atoms with Gasteiger partial charge in [0, 0.05) is 18.2 Å². The van der Waals surface area contributed by atoms with Crippen LogP contribution in [0.25, 0.3) is 0 Å². The van der Waals surface area contributed by atoms with Crippen molar-refractivity contribution in [1.29, 1.82) is 0 Å². The number of hydrogen-bond acceptors (Lipinski definition) is 3. The van der Waals surface area contributed by atoms with Crippen LogP contribution in [0.3, 0.4) is 0 Å².